The van der Waals surface area contributed by atoms with Crippen LogP contribution in [0.2, 0.25) is 5.02 Å². The Morgan fingerprint density at radius 1 is 1.10 bits per heavy atom. The molecule has 1 aromatic carbocycles. The van der Waals surface area contributed by atoms with Crippen molar-refractivity contribution in [3.8, 4) is 11.5 Å². The van der Waals surface area contributed by atoms with Crippen LogP contribution < -0.4 is 11.2 Å². The zero-order valence-electron chi connectivity index (χ0n) is 11.1. The molecule has 0 saturated heterocycles. The molecule has 1 aromatic rings. The highest BCUT2D eigenvalue weighted by molar-refractivity contribution is 6.32. The van der Waals surface area contributed by atoms with Gasteiger partial charge in [0.05, 0.1) is 11.0 Å². The zero-order valence-corrected chi connectivity index (χ0v) is 11.9. The van der Waals surface area contributed by atoms with Gasteiger partial charge in [0.1, 0.15) is 0 Å². The van der Waals surface area contributed by atoms with Gasteiger partial charge in [-0.05, 0) is 24.6 Å². The second-order valence-corrected chi connectivity index (χ2v) is 5.10. The van der Waals surface area contributed by atoms with Gasteiger partial charge in [-0.1, -0.05) is 11.6 Å². The lowest BCUT2D eigenvalue weighted by Crippen LogP contribution is -2.36. The van der Waals surface area contributed by atoms with E-state index in [1.165, 1.54) is 7.05 Å². The average Bonchev–Trinajstić information content (AvgIpc) is 2.41. The minimum atomic E-state index is -0.600. The van der Waals surface area contributed by atoms with Gasteiger partial charge < -0.3 is 4.57 Å². The summed E-state index contributed by atoms with van der Waals surface area (Å²) in [5, 5.41) is 0.598. The van der Waals surface area contributed by atoms with Gasteiger partial charge in [0.2, 0.25) is 0 Å². The molecule has 0 bridgehead atoms. The Kier molecular flexibility index (Phi) is 2.65. The summed E-state index contributed by atoms with van der Waals surface area (Å²) < 4.78 is 2.61. The first-order valence-corrected chi connectivity index (χ1v) is 6.31. The Labute approximate surface area is 118 Å². The predicted octanol–water partition coefficient (Wildman–Crippen LogP) is 1.09. The summed E-state index contributed by atoms with van der Waals surface area (Å²) in [7, 11) is 3.11. The van der Waals surface area contributed by atoms with Gasteiger partial charge in [-0.25, -0.2) is 9.78 Å². The van der Waals surface area contributed by atoms with Crippen molar-refractivity contribution in [3.63, 3.8) is 0 Å². The van der Waals surface area contributed by atoms with Crippen LogP contribution in [0.5, 0.6) is 0 Å². The van der Waals surface area contributed by atoms with Gasteiger partial charge in [0.15, 0.2) is 11.5 Å². The molecular weight excluding hydrogens is 280 g/mol. The van der Waals surface area contributed by atoms with Crippen LogP contribution >= 0.6 is 11.6 Å². The van der Waals surface area contributed by atoms with Crippen LogP contribution in [0.1, 0.15) is 5.56 Å². The largest absolute Gasteiger partial charge is 0.352 e. The number of rotatable bonds is 0. The number of aryl methyl sites for hydroxylation is 2. The van der Waals surface area contributed by atoms with Crippen LogP contribution in [-0.4, -0.2) is 19.1 Å². The van der Waals surface area contributed by atoms with Crippen LogP contribution in [0.4, 0.5) is 0 Å². The average molecular weight is 291 g/mol. The van der Waals surface area contributed by atoms with E-state index in [-0.39, 0.29) is 11.5 Å². The third-order valence-corrected chi connectivity index (χ3v) is 3.78. The van der Waals surface area contributed by atoms with E-state index >= 15 is 0 Å². The van der Waals surface area contributed by atoms with E-state index in [1.54, 1.807) is 17.7 Å². The van der Waals surface area contributed by atoms with Crippen LogP contribution in [0.25, 0.3) is 22.6 Å². The number of hydrogen-bond acceptors (Lipinski definition) is 4. The maximum atomic E-state index is 12.1. The summed E-state index contributed by atoms with van der Waals surface area (Å²) in [5.41, 5.74) is 1.34. The van der Waals surface area contributed by atoms with E-state index in [2.05, 4.69) is 9.97 Å². The molecule has 0 radical (unpaired) electrons. The van der Waals surface area contributed by atoms with Crippen molar-refractivity contribution < 1.29 is 0 Å². The first-order chi connectivity index (χ1) is 9.40. The number of hydrogen-bond donors (Lipinski definition) is 0. The molecule has 2 aliphatic heterocycles. The van der Waals surface area contributed by atoms with Crippen molar-refractivity contribution in [3.05, 3.63) is 43.6 Å². The number of nitrogens with zero attached hydrogens (tertiary/aromatic N) is 4. The highest BCUT2D eigenvalue weighted by Crippen LogP contribution is 2.25. The molecule has 0 aliphatic carbocycles. The molecule has 102 valence electrons. The Balaban J connectivity index is 2.61. The van der Waals surface area contributed by atoms with E-state index in [0.717, 1.165) is 10.1 Å². The molecule has 0 amide bonds. The molecule has 0 fully saturated rings. The lowest BCUT2D eigenvalue weighted by molar-refractivity contribution is 0.748. The lowest BCUT2D eigenvalue weighted by Gasteiger charge is -2.14. The molecule has 0 N–H and O–H groups in total. The van der Waals surface area contributed by atoms with E-state index < -0.39 is 11.2 Å². The van der Waals surface area contributed by atoms with Crippen molar-refractivity contribution in [2.24, 2.45) is 14.1 Å². The Bertz CT molecular complexity index is 942. The maximum Gasteiger partial charge on any atom is 0.352 e. The lowest BCUT2D eigenvalue weighted by atomic mass is 10.2. The summed E-state index contributed by atoms with van der Waals surface area (Å²) in [6.45, 7) is 1.87. The molecule has 2 aliphatic rings. The van der Waals surface area contributed by atoms with Crippen LogP contribution in [0.3, 0.4) is 0 Å². The highest BCUT2D eigenvalue weighted by atomic mass is 35.5. The maximum absolute atomic E-state index is 12.1. The minimum Gasteiger partial charge on any atom is -0.325 e. The fraction of sp³-hybridized carbons (Fsp3) is 0.231. The molecule has 20 heavy (non-hydrogen) atoms. The van der Waals surface area contributed by atoms with Crippen molar-refractivity contribution in [2.45, 2.75) is 6.92 Å². The molecule has 0 spiro atoms. The summed E-state index contributed by atoms with van der Waals surface area (Å²) in [5.74, 6) is 0.255. The zero-order chi connectivity index (χ0) is 14.6. The third kappa shape index (κ3) is 1.65. The molecule has 0 saturated carbocycles. The first-order valence-electron chi connectivity index (χ1n) is 5.94. The fourth-order valence-corrected chi connectivity index (χ4v) is 2.30. The Morgan fingerprint density at radius 2 is 1.80 bits per heavy atom. The second-order valence-electron chi connectivity index (χ2n) is 4.69. The van der Waals surface area contributed by atoms with Crippen LogP contribution in [0.15, 0.2) is 21.7 Å². The standard InChI is InChI=1S/C13H11ClN4O2/c1-6-4-8-9(5-7(6)14)17(2)11-10(15-8)12(19)18(3)13(20)16-11/h4-5H,1-3H3. The minimum absolute atomic E-state index is 0.170. The number of benzene rings is 1. The van der Waals surface area contributed by atoms with Gasteiger partial charge >= 0.3 is 5.69 Å². The van der Waals surface area contributed by atoms with E-state index in [9.17, 15) is 9.59 Å². The van der Waals surface area contributed by atoms with Crippen molar-refractivity contribution in [1.82, 2.24) is 19.1 Å². The topological polar surface area (TPSA) is 69.8 Å². The van der Waals surface area contributed by atoms with Gasteiger partial charge in [-0.2, -0.15) is 4.98 Å². The molecule has 7 heteroatoms. The summed E-state index contributed by atoms with van der Waals surface area (Å²) in [4.78, 5) is 32.0. The number of aromatic nitrogens is 4. The van der Waals surface area contributed by atoms with Crippen molar-refractivity contribution in [1.29, 1.82) is 0 Å². The molecule has 0 atom stereocenters. The number of fused-ring (bicyclic) bond motifs is 2. The summed E-state index contributed by atoms with van der Waals surface area (Å²) in [6, 6.07) is 3.56. The van der Waals surface area contributed by atoms with Crippen LogP contribution in [0, 0.1) is 6.92 Å². The molecule has 0 unspecified atom stereocenters. The SMILES string of the molecule is Cc1cc2nc3c(=O)n(C)c(=O)nc-3n(C)c2cc1Cl. The van der Waals surface area contributed by atoms with Crippen molar-refractivity contribution in [2.75, 3.05) is 0 Å². The summed E-state index contributed by atoms with van der Waals surface area (Å²) in [6.07, 6.45) is 0. The Morgan fingerprint density at radius 3 is 2.50 bits per heavy atom. The summed E-state index contributed by atoms with van der Waals surface area (Å²) >= 11 is 6.11. The highest BCUT2D eigenvalue weighted by Gasteiger charge is 2.18. The molecule has 3 rings (SSSR count). The molecule has 2 heterocycles. The normalized spacial score (nSPS) is 11.4. The van der Waals surface area contributed by atoms with Crippen LogP contribution in [-0.2, 0) is 14.1 Å². The first kappa shape index (κ1) is 12.8. The van der Waals surface area contributed by atoms with E-state index in [0.29, 0.717) is 16.1 Å². The molecule has 6 nitrogen and oxygen atoms in total. The number of halogens is 1. The quantitative estimate of drug-likeness (QED) is 0.581. The molecular formula is C13H11ClN4O2. The predicted molar refractivity (Wildman–Crippen MR) is 76.4 cm³/mol. The Hall–Kier alpha value is -2.21. The fourth-order valence-electron chi connectivity index (χ4n) is 2.14. The smallest absolute Gasteiger partial charge is 0.325 e. The van der Waals surface area contributed by atoms with E-state index in [4.69, 9.17) is 11.6 Å². The van der Waals surface area contributed by atoms with Crippen molar-refractivity contribution >= 4 is 22.6 Å². The van der Waals surface area contributed by atoms with E-state index in [1.807, 2.05) is 13.0 Å². The third-order valence-electron chi connectivity index (χ3n) is 3.37. The molecule has 0 aromatic heterocycles. The van der Waals surface area contributed by atoms with Gasteiger partial charge in [0.25, 0.3) is 5.56 Å². The second kappa shape index (κ2) is 4.14. The van der Waals surface area contributed by atoms with Gasteiger partial charge in [-0.15, -0.1) is 0 Å². The van der Waals surface area contributed by atoms with Gasteiger partial charge in [0, 0.05) is 19.1 Å². The van der Waals surface area contributed by atoms with Gasteiger partial charge in [-0.3, -0.25) is 9.36 Å². The monoisotopic (exact) mass is 290 g/mol.